The molecule has 4 aromatic rings. The van der Waals surface area contributed by atoms with Crippen LogP contribution in [0.2, 0.25) is 0 Å². The Hall–Kier alpha value is -3.32. The Balaban J connectivity index is 1.34. The van der Waals surface area contributed by atoms with Gasteiger partial charge in [-0.15, -0.1) is 0 Å². The summed E-state index contributed by atoms with van der Waals surface area (Å²) in [6, 6.07) is 13.7. The molecule has 0 aliphatic rings. The summed E-state index contributed by atoms with van der Waals surface area (Å²) >= 11 is 0. The molecule has 0 spiro atoms. The number of H-pyrrole nitrogens is 1. The van der Waals surface area contributed by atoms with Crippen molar-refractivity contribution in [2.45, 2.75) is 26.3 Å². The highest BCUT2D eigenvalue weighted by molar-refractivity contribution is 5.59. The number of pyridine rings is 1. The molecule has 7 heteroatoms. The first kappa shape index (κ1) is 20.0. The lowest BCUT2D eigenvalue weighted by atomic mass is 10.1. The van der Waals surface area contributed by atoms with Crippen LogP contribution in [-0.2, 0) is 13.0 Å². The Morgan fingerprint density at radius 2 is 1.97 bits per heavy atom. The molecule has 0 bridgehead atoms. The van der Waals surface area contributed by atoms with Crippen molar-refractivity contribution in [3.8, 4) is 11.3 Å². The van der Waals surface area contributed by atoms with Crippen molar-refractivity contribution in [3.63, 3.8) is 0 Å². The molecule has 0 fully saturated rings. The molecule has 4 rings (SSSR count). The van der Waals surface area contributed by atoms with Gasteiger partial charge in [-0.1, -0.05) is 6.07 Å². The Labute approximate surface area is 174 Å². The van der Waals surface area contributed by atoms with Crippen LogP contribution in [0.15, 0.2) is 59.5 Å². The van der Waals surface area contributed by atoms with Gasteiger partial charge in [-0.25, -0.2) is 9.37 Å². The summed E-state index contributed by atoms with van der Waals surface area (Å²) in [5, 5.41) is 7.38. The molecular formula is C23H24FN5O. The average Bonchev–Trinajstić information content (AvgIpc) is 3.18. The molecule has 0 aliphatic heterocycles. The van der Waals surface area contributed by atoms with Crippen molar-refractivity contribution in [1.29, 1.82) is 0 Å². The second-order valence-corrected chi connectivity index (χ2v) is 7.60. The maximum absolute atomic E-state index is 13.1. The Bertz CT molecular complexity index is 1210. The lowest BCUT2D eigenvalue weighted by molar-refractivity contribution is 0.318. The first-order chi connectivity index (χ1) is 14.5. The standard InChI is InChI=1S/C23H24FN5O/c1-16-5-3-12-29-22(30)14-20(25-23(16)29)15-28(2)11-4-6-19-13-21(27-26-19)17-7-9-18(24)10-8-17/h3,5,7-10,12-14H,4,6,11,15H2,1-2H3,(H,26,27). The van der Waals surface area contributed by atoms with Crippen LogP contribution in [0.25, 0.3) is 16.9 Å². The predicted molar refractivity (Wildman–Crippen MR) is 115 cm³/mol. The number of aryl methyl sites for hydroxylation is 2. The molecule has 1 N–H and O–H groups in total. The normalized spacial score (nSPS) is 11.5. The van der Waals surface area contributed by atoms with Crippen molar-refractivity contribution in [1.82, 2.24) is 24.5 Å². The van der Waals surface area contributed by atoms with Gasteiger partial charge in [0.15, 0.2) is 0 Å². The molecule has 154 valence electrons. The fourth-order valence-electron chi connectivity index (χ4n) is 3.54. The SMILES string of the molecule is Cc1cccn2c(=O)cc(CN(C)CCCc3cc(-c4ccc(F)cc4)n[nH]3)nc12. The minimum absolute atomic E-state index is 0.0575. The summed E-state index contributed by atoms with van der Waals surface area (Å²) < 4.78 is 14.6. The summed E-state index contributed by atoms with van der Waals surface area (Å²) in [5.74, 6) is -0.253. The van der Waals surface area contributed by atoms with Crippen LogP contribution in [0.3, 0.4) is 0 Å². The summed E-state index contributed by atoms with van der Waals surface area (Å²) in [6.45, 7) is 3.43. The molecule has 0 radical (unpaired) electrons. The van der Waals surface area contributed by atoms with E-state index in [0.717, 1.165) is 47.6 Å². The number of hydrogen-bond acceptors (Lipinski definition) is 4. The monoisotopic (exact) mass is 405 g/mol. The van der Waals surface area contributed by atoms with Crippen LogP contribution < -0.4 is 5.56 Å². The minimum atomic E-state index is -0.253. The van der Waals surface area contributed by atoms with Gasteiger partial charge >= 0.3 is 0 Å². The van der Waals surface area contributed by atoms with Crippen LogP contribution in [0.5, 0.6) is 0 Å². The molecule has 3 heterocycles. The van der Waals surface area contributed by atoms with E-state index in [9.17, 15) is 9.18 Å². The average molecular weight is 405 g/mol. The molecule has 0 saturated heterocycles. The van der Waals surface area contributed by atoms with Gasteiger partial charge in [0.1, 0.15) is 11.5 Å². The number of rotatable bonds is 7. The maximum Gasteiger partial charge on any atom is 0.258 e. The number of benzene rings is 1. The largest absolute Gasteiger partial charge is 0.301 e. The molecule has 1 aromatic carbocycles. The van der Waals surface area contributed by atoms with Crippen LogP contribution in [-0.4, -0.2) is 38.1 Å². The van der Waals surface area contributed by atoms with Crippen molar-refractivity contribution < 1.29 is 4.39 Å². The van der Waals surface area contributed by atoms with Crippen LogP contribution in [0.4, 0.5) is 4.39 Å². The lowest BCUT2D eigenvalue weighted by Gasteiger charge is -2.16. The first-order valence-corrected chi connectivity index (χ1v) is 9.96. The molecule has 3 aromatic heterocycles. The molecule has 0 aliphatic carbocycles. The fraction of sp³-hybridized carbons (Fsp3) is 0.261. The third-order valence-electron chi connectivity index (χ3n) is 5.13. The van der Waals surface area contributed by atoms with Crippen molar-refractivity contribution in [3.05, 3.63) is 87.9 Å². The minimum Gasteiger partial charge on any atom is -0.301 e. The van der Waals surface area contributed by atoms with E-state index < -0.39 is 0 Å². The van der Waals surface area contributed by atoms with Gasteiger partial charge < -0.3 is 4.90 Å². The second kappa shape index (κ2) is 8.59. The molecule has 0 saturated carbocycles. The van der Waals surface area contributed by atoms with E-state index in [1.165, 1.54) is 12.1 Å². The van der Waals surface area contributed by atoms with Crippen LogP contribution >= 0.6 is 0 Å². The maximum atomic E-state index is 13.1. The molecule has 0 amide bonds. The third kappa shape index (κ3) is 4.46. The highest BCUT2D eigenvalue weighted by Crippen LogP contribution is 2.18. The second-order valence-electron chi connectivity index (χ2n) is 7.60. The van der Waals surface area contributed by atoms with Gasteiger partial charge in [0.2, 0.25) is 0 Å². The van der Waals surface area contributed by atoms with Gasteiger partial charge in [-0.3, -0.25) is 14.3 Å². The van der Waals surface area contributed by atoms with E-state index >= 15 is 0 Å². The van der Waals surface area contributed by atoms with E-state index in [0.29, 0.717) is 12.2 Å². The molecule has 6 nitrogen and oxygen atoms in total. The van der Waals surface area contributed by atoms with E-state index in [4.69, 9.17) is 0 Å². The fourth-order valence-corrected chi connectivity index (χ4v) is 3.54. The lowest BCUT2D eigenvalue weighted by Crippen LogP contribution is -2.23. The zero-order valence-corrected chi connectivity index (χ0v) is 17.1. The van der Waals surface area contributed by atoms with E-state index in [1.54, 1.807) is 28.8 Å². The molecule has 0 unspecified atom stereocenters. The van der Waals surface area contributed by atoms with E-state index in [2.05, 4.69) is 20.1 Å². The number of fused-ring (bicyclic) bond motifs is 1. The number of aromatic nitrogens is 4. The van der Waals surface area contributed by atoms with Gasteiger partial charge in [0.25, 0.3) is 5.56 Å². The third-order valence-corrected chi connectivity index (χ3v) is 5.13. The zero-order chi connectivity index (χ0) is 21.1. The summed E-state index contributed by atoms with van der Waals surface area (Å²) in [6.07, 6.45) is 3.54. The molecular weight excluding hydrogens is 381 g/mol. The molecule has 30 heavy (non-hydrogen) atoms. The predicted octanol–water partition coefficient (Wildman–Crippen LogP) is 3.60. The van der Waals surface area contributed by atoms with Crippen LogP contribution in [0, 0.1) is 12.7 Å². The quantitative estimate of drug-likeness (QED) is 0.510. The first-order valence-electron chi connectivity index (χ1n) is 9.96. The Kier molecular flexibility index (Phi) is 5.72. The molecule has 0 atom stereocenters. The number of nitrogens with zero attached hydrogens (tertiary/aromatic N) is 4. The van der Waals surface area contributed by atoms with Gasteiger partial charge in [-0.2, -0.15) is 5.10 Å². The van der Waals surface area contributed by atoms with Gasteiger partial charge in [0.05, 0.1) is 11.4 Å². The van der Waals surface area contributed by atoms with Crippen molar-refractivity contribution in [2.75, 3.05) is 13.6 Å². The van der Waals surface area contributed by atoms with E-state index in [-0.39, 0.29) is 11.4 Å². The van der Waals surface area contributed by atoms with Crippen LogP contribution in [0.1, 0.15) is 23.4 Å². The summed E-state index contributed by atoms with van der Waals surface area (Å²) in [5.41, 5.74) is 5.15. The van der Waals surface area contributed by atoms with E-state index in [1.807, 2.05) is 32.2 Å². The summed E-state index contributed by atoms with van der Waals surface area (Å²) in [4.78, 5) is 19.2. The van der Waals surface area contributed by atoms with Gasteiger partial charge in [0, 0.05) is 30.1 Å². The number of aromatic amines is 1. The highest BCUT2D eigenvalue weighted by Gasteiger charge is 2.08. The van der Waals surface area contributed by atoms with Crippen molar-refractivity contribution >= 4 is 5.65 Å². The summed E-state index contributed by atoms with van der Waals surface area (Å²) in [7, 11) is 2.03. The topological polar surface area (TPSA) is 66.3 Å². The Morgan fingerprint density at radius 3 is 2.77 bits per heavy atom. The van der Waals surface area contributed by atoms with Crippen molar-refractivity contribution in [2.24, 2.45) is 0 Å². The number of hydrogen-bond donors (Lipinski definition) is 1. The number of nitrogens with one attached hydrogen (secondary N) is 1. The Morgan fingerprint density at radius 1 is 1.17 bits per heavy atom. The zero-order valence-electron chi connectivity index (χ0n) is 17.1. The number of halogens is 1. The highest BCUT2D eigenvalue weighted by atomic mass is 19.1. The smallest absolute Gasteiger partial charge is 0.258 e. The van der Waals surface area contributed by atoms with Gasteiger partial charge in [-0.05, 0) is 75.3 Å².